The number of hydrogen-bond acceptors (Lipinski definition) is 14. The fourth-order valence-corrected chi connectivity index (χ4v) is 11.2. The van der Waals surface area contributed by atoms with Crippen molar-refractivity contribution in [3.8, 4) is 17.2 Å². The molecule has 388 valence electrons. The summed E-state index contributed by atoms with van der Waals surface area (Å²) >= 11 is 13.9. The van der Waals surface area contributed by atoms with Gasteiger partial charge in [-0.15, -0.1) is 11.6 Å². The molecule has 2 aliphatic heterocycles. The number of benzene rings is 3. The highest BCUT2D eigenvalue weighted by Gasteiger charge is 2.39. The van der Waals surface area contributed by atoms with Crippen LogP contribution in [-0.4, -0.2) is 92.9 Å². The number of piperidine rings is 2. The summed E-state index contributed by atoms with van der Waals surface area (Å²) in [6, 6.07) is 25.9. The molecular formula is C53H52Cl2N10O8S2. The molecule has 22 heteroatoms. The predicted molar refractivity (Wildman–Crippen MR) is 285 cm³/mol. The quantitative estimate of drug-likeness (QED) is 0.0701. The smallest absolute Gasteiger partial charge is 0.263 e. The van der Waals surface area contributed by atoms with Crippen molar-refractivity contribution in [3.05, 3.63) is 149 Å². The number of amides is 4. The molecule has 5 N–H and O–H groups in total. The minimum Gasteiger partial charge on any atom is -0.366 e. The Kier molecular flexibility index (Phi) is 16.6. The van der Waals surface area contributed by atoms with Crippen LogP contribution in [0.5, 0.6) is 0 Å². The summed E-state index contributed by atoms with van der Waals surface area (Å²) in [6.45, 7) is 1.18. The monoisotopic (exact) mass is 1090 g/mol. The Balaban J connectivity index is 1.25. The predicted octanol–water partition coefficient (Wildman–Crippen LogP) is 7.16. The average molecular weight is 1090 g/mol. The molecule has 2 aliphatic rings. The van der Waals surface area contributed by atoms with E-state index in [1.165, 1.54) is 42.7 Å². The summed E-state index contributed by atoms with van der Waals surface area (Å²) in [4.78, 5) is 72.2. The third-order valence-corrected chi connectivity index (χ3v) is 16.2. The molecule has 0 spiro atoms. The fourth-order valence-electron chi connectivity index (χ4n) is 9.37. The molecule has 8 rings (SSSR count). The number of aromatic nitrogens is 3. The van der Waals surface area contributed by atoms with E-state index < -0.39 is 47.8 Å². The van der Waals surface area contributed by atoms with Crippen LogP contribution >= 0.6 is 23.2 Å². The van der Waals surface area contributed by atoms with Gasteiger partial charge in [0.15, 0.2) is 25.5 Å². The fraction of sp³-hybridized carbons (Fsp3) is 0.283. The van der Waals surface area contributed by atoms with Crippen molar-refractivity contribution in [1.29, 1.82) is 5.26 Å². The van der Waals surface area contributed by atoms with Gasteiger partial charge in [-0.3, -0.25) is 34.0 Å². The zero-order valence-electron chi connectivity index (χ0n) is 40.7. The molecule has 3 aromatic heterocycles. The number of carbonyl (C=O) groups is 4. The maximum Gasteiger partial charge on any atom is 0.263 e. The second-order valence-electron chi connectivity index (χ2n) is 18.5. The van der Waals surface area contributed by atoms with Gasteiger partial charge in [-0.25, -0.2) is 21.8 Å². The summed E-state index contributed by atoms with van der Waals surface area (Å²) < 4.78 is 54.3. The van der Waals surface area contributed by atoms with Crippen molar-refractivity contribution in [1.82, 2.24) is 25.6 Å². The molecule has 3 aromatic carbocycles. The lowest BCUT2D eigenvalue weighted by molar-refractivity contribution is -0.122. The van der Waals surface area contributed by atoms with E-state index in [2.05, 4.69) is 20.9 Å². The van der Waals surface area contributed by atoms with Gasteiger partial charge in [0.25, 0.3) is 5.91 Å². The Bertz CT molecular complexity index is 3430. The molecule has 3 atom stereocenters. The molecule has 5 heterocycles. The van der Waals surface area contributed by atoms with E-state index in [4.69, 9.17) is 38.9 Å². The normalized spacial score (nSPS) is 17.1. The van der Waals surface area contributed by atoms with Crippen LogP contribution in [0.3, 0.4) is 0 Å². The Hall–Kier alpha value is -7.28. The van der Waals surface area contributed by atoms with Crippen LogP contribution in [0.25, 0.3) is 11.1 Å². The molecule has 2 fully saturated rings. The third kappa shape index (κ3) is 12.8. The van der Waals surface area contributed by atoms with Crippen molar-refractivity contribution >= 4 is 89.4 Å². The molecule has 2 saturated heterocycles. The van der Waals surface area contributed by atoms with E-state index >= 15 is 4.79 Å². The highest BCUT2D eigenvalue weighted by atomic mass is 35.5. The molecule has 0 radical (unpaired) electrons. The van der Waals surface area contributed by atoms with Crippen LogP contribution in [0, 0.1) is 23.2 Å². The molecule has 18 nitrogen and oxygen atoms in total. The topological polar surface area (TPSA) is 268 Å². The van der Waals surface area contributed by atoms with Gasteiger partial charge in [-0.05, 0) is 117 Å². The largest absolute Gasteiger partial charge is 0.366 e. The van der Waals surface area contributed by atoms with Gasteiger partial charge >= 0.3 is 0 Å². The third-order valence-electron chi connectivity index (χ3n) is 13.2. The summed E-state index contributed by atoms with van der Waals surface area (Å²) in [5, 5.41) is 17.8. The number of nitrogens with one attached hydrogen (secondary N) is 3. The van der Waals surface area contributed by atoms with Gasteiger partial charge in [-0.2, -0.15) is 5.26 Å². The lowest BCUT2D eigenvalue weighted by Gasteiger charge is -2.37. The van der Waals surface area contributed by atoms with Gasteiger partial charge in [0, 0.05) is 84.4 Å². The molecule has 6 aromatic rings. The number of sulfone groups is 2. The van der Waals surface area contributed by atoms with Crippen molar-refractivity contribution in [2.75, 3.05) is 47.3 Å². The van der Waals surface area contributed by atoms with Gasteiger partial charge in [0.2, 0.25) is 17.7 Å². The van der Waals surface area contributed by atoms with Crippen LogP contribution in [0.4, 0.5) is 22.9 Å². The minimum atomic E-state index is -4.20. The number of halogens is 2. The summed E-state index contributed by atoms with van der Waals surface area (Å²) in [6.07, 6.45) is 7.90. The number of carbonyl (C=O) groups excluding carboxylic acids is 4. The SMILES string of the molecule is CS(=O)(=O)c1cnc(N2CCC(CC(=O)Nc3ccc(C#N)cc3)CC2)c(N(C(=O)c2cccc(Cl)c2)c2cc(S(C)(=O)=O)cc(C(N)=O)c2-c2cccnc2C2NCCC(CC(=O)NCc3ccccn3)C2Cl)c1. The van der Waals surface area contributed by atoms with Crippen LogP contribution in [0.1, 0.15) is 75.8 Å². The molecule has 3 unspecified atom stereocenters. The van der Waals surface area contributed by atoms with Gasteiger partial charge in [-0.1, -0.05) is 29.8 Å². The standard InChI is InChI=1S/C53H52Cl2N10O8S2/c1-74(70,71)39-26-42(51(57)68)47(41-10-6-19-59-49(41)50-48(55)34(15-20-60-50)25-45(66)61-30-38-9-3-4-18-58-38)43(27-39)65(53(69)35-7-5-8-36(54)24-35)44-28-40(75(2,72)73)31-62-52(44)64-21-16-32(17-22-64)23-46(67)63-37-13-11-33(29-56)12-14-37/h3-14,18-19,24,26-28,31-32,34,48,50,60H,15-17,20-23,25,30H2,1-2H3,(H2,57,68)(H,61,66)(H,63,67). The summed E-state index contributed by atoms with van der Waals surface area (Å²) in [5.41, 5.74) is 7.67. The zero-order chi connectivity index (χ0) is 53.6. The van der Waals surface area contributed by atoms with E-state index in [1.54, 1.807) is 60.8 Å². The Morgan fingerprint density at radius 2 is 1.55 bits per heavy atom. The Morgan fingerprint density at radius 3 is 2.21 bits per heavy atom. The van der Waals surface area contributed by atoms with Gasteiger partial charge in [0.1, 0.15) is 0 Å². The maximum atomic E-state index is 15.7. The Labute approximate surface area is 444 Å². The first-order valence-electron chi connectivity index (χ1n) is 23.8. The minimum absolute atomic E-state index is 0.00753. The highest BCUT2D eigenvalue weighted by Crippen LogP contribution is 2.47. The number of nitriles is 1. The summed E-state index contributed by atoms with van der Waals surface area (Å²) in [7, 11) is -8.25. The molecule has 75 heavy (non-hydrogen) atoms. The number of rotatable bonds is 16. The van der Waals surface area contributed by atoms with E-state index in [9.17, 15) is 36.5 Å². The van der Waals surface area contributed by atoms with Crippen LogP contribution in [0.15, 0.2) is 125 Å². The number of pyridine rings is 3. The van der Waals surface area contributed by atoms with Crippen molar-refractivity contribution in [2.24, 2.45) is 17.6 Å². The van der Waals surface area contributed by atoms with E-state index in [1.807, 2.05) is 17.0 Å². The lowest BCUT2D eigenvalue weighted by atomic mass is 9.84. The molecule has 0 bridgehead atoms. The van der Waals surface area contributed by atoms with Crippen molar-refractivity contribution in [3.63, 3.8) is 0 Å². The summed E-state index contributed by atoms with van der Waals surface area (Å²) in [5.74, 6) is -2.73. The lowest BCUT2D eigenvalue weighted by Crippen LogP contribution is -2.43. The molecule has 0 saturated carbocycles. The first-order chi connectivity index (χ1) is 35.8. The van der Waals surface area contributed by atoms with Crippen LogP contribution < -0.4 is 31.5 Å². The second kappa shape index (κ2) is 23.1. The number of nitrogens with two attached hydrogens (primary N) is 1. The number of alkyl halides is 1. The highest BCUT2D eigenvalue weighted by molar-refractivity contribution is 7.91. The molecular weight excluding hydrogens is 1040 g/mol. The number of primary amides is 1. The first kappa shape index (κ1) is 54.0. The van der Waals surface area contributed by atoms with Gasteiger partial charge < -0.3 is 26.6 Å². The molecule has 4 amide bonds. The zero-order valence-corrected chi connectivity index (χ0v) is 43.9. The number of anilines is 4. The van der Waals surface area contributed by atoms with Gasteiger partial charge in [0.05, 0.1) is 67.7 Å². The number of hydrogen-bond donors (Lipinski definition) is 4. The molecule has 0 aliphatic carbocycles. The van der Waals surface area contributed by atoms with E-state index in [0.717, 1.165) is 23.5 Å². The first-order valence-corrected chi connectivity index (χ1v) is 28.4. The maximum absolute atomic E-state index is 15.7. The van der Waals surface area contributed by atoms with E-state index in [0.29, 0.717) is 42.8 Å². The second-order valence-corrected chi connectivity index (χ2v) is 23.4. The Morgan fingerprint density at radius 1 is 0.827 bits per heavy atom. The van der Waals surface area contributed by atoms with Crippen molar-refractivity contribution < 1.29 is 36.0 Å². The van der Waals surface area contributed by atoms with Crippen molar-refractivity contribution in [2.45, 2.75) is 59.9 Å². The number of nitrogens with zero attached hydrogens (tertiary/aromatic N) is 6. The van der Waals surface area contributed by atoms with E-state index in [-0.39, 0.29) is 111 Å². The van der Waals surface area contributed by atoms with Crippen LogP contribution in [-0.2, 0) is 35.8 Å². The van der Waals surface area contributed by atoms with Crippen LogP contribution in [0.2, 0.25) is 5.02 Å². The average Bonchev–Trinajstić information content (AvgIpc) is 3.39.